The van der Waals surface area contributed by atoms with Crippen LogP contribution in [-0.4, -0.2) is 23.8 Å². The van der Waals surface area contributed by atoms with Crippen LogP contribution >= 0.6 is 0 Å². The van der Waals surface area contributed by atoms with Crippen LogP contribution in [0.15, 0.2) is 23.3 Å². The lowest BCUT2D eigenvalue weighted by Crippen LogP contribution is -2.18. The molecule has 0 saturated carbocycles. The Morgan fingerprint density at radius 3 is 2.76 bits per heavy atom. The largest absolute Gasteiger partial charge is 0.504 e. The van der Waals surface area contributed by atoms with Crippen LogP contribution in [-0.2, 0) is 4.79 Å². The number of phenolic OH excluding ortho intramolecular Hbond substituents is 1. The highest BCUT2D eigenvalue weighted by Crippen LogP contribution is 2.26. The number of amides is 1. The van der Waals surface area contributed by atoms with E-state index < -0.39 is 0 Å². The number of unbranched alkanes of at least 4 members (excludes halogenated alkanes) is 3. The van der Waals surface area contributed by atoms with Gasteiger partial charge in [-0.3, -0.25) is 4.79 Å². The van der Waals surface area contributed by atoms with Crippen LogP contribution in [0, 0.1) is 0 Å². The van der Waals surface area contributed by atoms with Gasteiger partial charge in [0.15, 0.2) is 11.5 Å². The van der Waals surface area contributed by atoms with Crippen LogP contribution < -0.4 is 10.2 Å². The molecule has 0 bridgehead atoms. The van der Waals surface area contributed by atoms with E-state index in [9.17, 15) is 9.90 Å². The average molecular weight is 292 g/mol. The summed E-state index contributed by atoms with van der Waals surface area (Å²) in [7, 11) is 1.49. The highest BCUT2D eigenvalue weighted by atomic mass is 16.5. The van der Waals surface area contributed by atoms with E-state index in [-0.39, 0.29) is 11.7 Å². The fourth-order valence-corrected chi connectivity index (χ4v) is 1.88. The van der Waals surface area contributed by atoms with Gasteiger partial charge in [0.2, 0.25) is 5.91 Å². The number of hydrogen-bond acceptors (Lipinski definition) is 4. The van der Waals surface area contributed by atoms with Gasteiger partial charge in [0.25, 0.3) is 0 Å². The highest BCUT2D eigenvalue weighted by molar-refractivity contribution is 5.99. The van der Waals surface area contributed by atoms with E-state index >= 15 is 0 Å². The summed E-state index contributed by atoms with van der Waals surface area (Å²) in [6.07, 6.45) is 4.77. The molecule has 0 radical (unpaired) electrons. The third kappa shape index (κ3) is 5.85. The van der Waals surface area contributed by atoms with Gasteiger partial charge in [-0.25, -0.2) is 5.43 Å². The molecule has 0 aliphatic heterocycles. The van der Waals surface area contributed by atoms with Crippen LogP contribution in [0.5, 0.6) is 11.5 Å². The van der Waals surface area contributed by atoms with Gasteiger partial charge < -0.3 is 9.84 Å². The van der Waals surface area contributed by atoms with Crippen molar-refractivity contribution in [2.75, 3.05) is 7.11 Å². The molecule has 0 fully saturated rings. The quantitative estimate of drug-likeness (QED) is 0.439. The maximum Gasteiger partial charge on any atom is 0.240 e. The third-order valence-corrected chi connectivity index (χ3v) is 3.20. The first-order valence-corrected chi connectivity index (χ1v) is 7.29. The van der Waals surface area contributed by atoms with Crippen molar-refractivity contribution in [1.82, 2.24) is 5.43 Å². The third-order valence-electron chi connectivity index (χ3n) is 3.20. The van der Waals surface area contributed by atoms with Crippen LogP contribution in [0.1, 0.15) is 51.5 Å². The summed E-state index contributed by atoms with van der Waals surface area (Å²) in [4.78, 5) is 11.6. The number of benzene rings is 1. The topological polar surface area (TPSA) is 70.9 Å². The summed E-state index contributed by atoms with van der Waals surface area (Å²) in [5, 5.41) is 13.6. The van der Waals surface area contributed by atoms with Crippen molar-refractivity contribution in [1.29, 1.82) is 0 Å². The number of aromatic hydroxyl groups is 1. The lowest BCUT2D eigenvalue weighted by atomic mass is 10.1. The zero-order chi connectivity index (χ0) is 15.7. The smallest absolute Gasteiger partial charge is 0.240 e. The predicted molar refractivity (Wildman–Crippen MR) is 83.8 cm³/mol. The Bertz CT molecular complexity index is 498. The van der Waals surface area contributed by atoms with Crippen molar-refractivity contribution in [3.8, 4) is 11.5 Å². The van der Waals surface area contributed by atoms with Crippen LogP contribution in [0.3, 0.4) is 0 Å². The van der Waals surface area contributed by atoms with Crippen molar-refractivity contribution in [2.45, 2.75) is 46.0 Å². The maximum atomic E-state index is 11.6. The van der Waals surface area contributed by atoms with Gasteiger partial charge in [-0.1, -0.05) is 26.2 Å². The molecule has 0 saturated heterocycles. The zero-order valence-corrected chi connectivity index (χ0v) is 13.0. The summed E-state index contributed by atoms with van der Waals surface area (Å²) in [5.41, 5.74) is 4.01. The summed E-state index contributed by atoms with van der Waals surface area (Å²) in [5.74, 6) is 0.387. The van der Waals surface area contributed by atoms with Gasteiger partial charge in [0.05, 0.1) is 12.8 Å². The number of ether oxygens (including phenoxy) is 1. The SMILES string of the molecule is CCCCCCC(=O)N/N=C(\C)c1ccc(O)c(OC)c1. The molecule has 0 aliphatic rings. The Labute approximate surface area is 126 Å². The van der Waals surface area contributed by atoms with Gasteiger partial charge in [-0.15, -0.1) is 0 Å². The Morgan fingerprint density at radius 2 is 2.10 bits per heavy atom. The van der Waals surface area contributed by atoms with Crippen molar-refractivity contribution < 1.29 is 14.6 Å². The van der Waals surface area contributed by atoms with Gasteiger partial charge >= 0.3 is 0 Å². The van der Waals surface area contributed by atoms with E-state index in [0.717, 1.165) is 31.2 Å². The molecule has 1 rings (SSSR count). The standard InChI is InChI=1S/C16H24N2O3/c1-4-5-6-7-8-16(20)18-17-12(2)13-9-10-14(19)15(11-13)21-3/h9-11,19H,4-8H2,1-3H3,(H,18,20)/b17-12+. The summed E-state index contributed by atoms with van der Waals surface area (Å²) in [6, 6.07) is 4.95. The number of carbonyl (C=O) groups excluding carboxylic acids is 1. The molecule has 0 unspecified atom stereocenters. The summed E-state index contributed by atoms with van der Waals surface area (Å²) >= 11 is 0. The maximum absolute atomic E-state index is 11.6. The predicted octanol–water partition coefficient (Wildman–Crippen LogP) is 3.21. The Morgan fingerprint density at radius 1 is 1.33 bits per heavy atom. The van der Waals surface area contributed by atoms with Crippen molar-refractivity contribution >= 4 is 11.6 Å². The van der Waals surface area contributed by atoms with Crippen LogP contribution in [0.25, 0.3) is 0 Å². The number of nitrogens with one attached hydrogen (secondary N) is 1. The molecule has 0 spiro atoms. The molecular weight excluding hydrogens is 268 g/mol. The number of nitrogens with zero attached hydrogens (tertiary/aromatic N) is 1. The molecule has 0 atom stereocenters. The van der Waals surface area contributed by atoms with E-state index in [4.69, 9.17) is 4.74 Å². The second-order valence-corrected chi connectivity index (χ2v) is 4.93. The Balaban J connectivity index is 2.54. The minimum atomic E-state index is -0.0730. The van der Waals surface area contributed by atoms with E-state index in [1.807, 2.05) is 0 Å². The first-order chi connectivity index (χ1) is 10.1. The number of hydrogen-bond donors (Lipinski definition) is 2. The van der Waals surface area contributed by atoms with Gasteiger partial charge in [-0.2, -0.15) is 5.10 Å². The van der Waals surface area contributed by atoms with Gasteiger partial charge in [-0.05, 0) is 31.5 Å². The molecule has 1 aromatic carbocycles. The molecule has 5 nitrogen and oxygen atoms in total. The minimum Gasteiger partial charge on any atom is -0.504 e. The van der Waals surface area contributed by atoms with Crippen molar-refractivity contribution in [3.63, 3.8) is 0 Å². The monoisotopic (exact) mass is 292 g/mol. The van der Waals surface area contributed by atoms with Crippen LogP contribution in [0.2, 0.25) is 0 Å². The number of methoxy groups -OCH3 is 1. The fourth-order valence-electron chi connectivity index (χ4n) is 1.88. The summed E-state index contributed by atoms with van der Waals surface area (Å²) in [6.45, 7) is 3.93. The molecule has 21 heavy (non-hydrogen) atoms. The zero-order valence-electron chi connectivity index (χ0n) is 13.0. The molecule has 0 heterocycles. The first kappa shape index (κ1) is 17.0. The summed E-state index contributed by atoms with van der Waals surface area (Å²) < 4.78 is 5.05. The highest BCUT2D eigenvalue weighted by Gasteiger charge is 2.06. The molecule has 2 N–H and O–H groups in total. The molecule has 0 aromatic heterocycles. The van der Waals surface area contributed by atoms with Gasteiger partial charge in [0, 0.05) is 12.0 Å². The number of phenols is 1. The normalized spacial score (nSPS) is 11.3. The molecular formula is C16H24N2O3. The van der Waals surface area contributed by atoms with E-state index in [0.29, 0.717) is 17.9 Å². The first-order valence-electron chi connectivity index (χ1n) is 7.29. The van der Waals surface area contributed by atoms with E-state index in [1.54, 1.807) is 25.1 Å². The lowest BCUT2D eigenvalue weighted by molar-refractivity contribution is -0.121. The average Bonchev–Trinajstić information content (AvgIpc) is 2.49. The Hall–Kier alpha value is -2.04. The number of rotatable bonds is 8. The molecule has 1 aromatic rings. The van der Waals surface area contributed by atoms with Crippen molar-refractivity contribution in [2.24, 2.45) is 5.10 Å². The Kier molecular flexibility index (Phi) is 7.29. The van der Waals surface area contributed by atoms with Gasteiger partial charge in [0.1, 0.15) is 0 Å². The second kappa shape index (κ2) is 9.00. The van der Waals surface area contributed by atoms with Crippen molar-refractivity contribution in [3.05, 3.63) is 23.8 Å². The fraction of sp³-hybridized carbons (Fsp3) is 0.500. The van der Waals surface area contributed by atoms with Crippen LogP contribution in [0.4, 0.5) is 0 Å². The second-order valence-electron chi connectivity index (χ2n) is 4.93. The molecule has 5 heteroatoms. The van der Waals surface area contributed by atoms with E-state index in [2.05, 4.69) is 17.5 Å². The minimum absolute atomic E-state index is 0.0730. The molecule has 1 amide bonds. The van der Waals surface area contributed by atoms with E-state index in [1.165, 1.54) is 7.11 Å². The number of hydrazone groups is 1. The molecule has 0 aliphatic carbocycles. The lowest BCUT2D eigenvalue weighted by Gasteiger charge is -2.07. The molecule has 116 valence electrons. The number of carbonyl (C=O) groups is 1.